The number of amides is 2. The van der Waals surface area contributed by atoms with E-state index in [4.69, 9.17) is 5.73 Å². The number of pyridine rings is 1. The van der Waals surface area contributed by atoms with Gasteiger partial charge in [-0.15, -0.1) is 0 Å². The van der Waals surface area contributed by atoms with Gasteiger partial charge in [-0.05, 0) is 78.1 Å². The molecule has 2 fully saturated rings. The molecule has 2 amide bonds. The van der Waals surface area contributed by atoms with Gasteiger partial charge in [0.25, 0.3) is 0 Å². The summed E-state index contributed by atoms with van der Waals surface area (Å²) in [5.74, 6) is -0.558. The minimum atomic E-state index is -0.731. The number of likely N-dealkylation sites (tertiary alicyclic amines) is 1. The van der Waals surface area contributed by atoms with Crippen LogP contribution >= 0.6 is 0 Å². The summed E-state index contributed by atoms with van der Waals surface area (Å²) < 4.78 is 32.2. The summed E-state index contributed by atoms with van der Waals surface area (Å²) in [5, 5.41) is 7.61. The summed E-state index contributed by atoms with van der Waals surface area (Å²) >= 11 is 0. The van der Waals surface area contributed by atoms with Crippen LogP contribution in [0.25, 0.3) is 16.8 Å². The fourth-order valence-corrected chi connectivity index (χ4v) is 6.72. The number of benzene rings is 1. The quantitative estimate of drug-likeness (QED) is 0.336. The van der Waals surface area contributed by atoms with Crippen molar-refractivity contribution < 1.29 is 18.4 Å². The lowest BCUT2D eigenvalue weighted by atomic mass is 9.72. The van der Waals surface area contributed by atoms with Crippen molar-refractivity contribution in [2.45, 2.75) is 70.5 Å². The van der Waals surface area contributed by atoms with Crippen molar-refractivity contribution >= 4 is 17.3 Å². The number of carbonyl (C=O) groups excluding carboxylic acids is 2. The Hall–Kier alpha value is -4.25. The molecule has 4 atom stereocenters. The summed E-state index contributed by atoms with van der Waals surface area (Å²) in [6.45, 7) is 4.39. The fourth-order valence-electron chi connectivity index (χ4n) is 6.72. The highest BCUT2D eigenvalue weighted by Gasteiger charge is 2.35. The third-order valence-electron chi connectivity index (χ3n) is 8.74. The predicted molar refractivity (Wildman–Crippen MR) is 157 cm³/mol. The van der Waals surface area contributed by atoms with E-state index in [-0.39, 0.29) is 53.5 Å². The van der Waals surface area contributed by atoms with Gasteiger partial charge in [0, 0.05) is 57.3 Å². The number of nitrogens with one attached hydrogen (secondary N) is 1. The second-order valence-corrected chi connectivity index (χ2v) is 11.9. The van der Waals surface area contributed by atoms with Crippen LogP contribution in [0, 0.1) is 17.6 Å². The summed E-state index contributed by atoms with van der Waals surface area (Å²) in [5.41, 5.74) is 9.64. The molecule has 3 N–H and O–H groups in total. The van der Waals surface area contributed by atoms with E-state index in [2.05, 4.69) is 27.3 Å². The van der Waals surface area contributed by atoms with Crippen LogP contribution in [0.3, 0.4) is 0 Å². The SMILES string of the molecule is CC(=O)N[C@@H]1[C@H](N)C[C@H](c2ccncc2Cc2ncc3ccc(-c4c(F)cc(CN5CCCC5=O)cc4F)nn23)C[C@@H]1C. The number of fused-ring (bicyclic) bond motifs is 1. The molecule has 4 aromatic rings. The van der Waals surface area contributed by atoms with Crippen LogP contribution in [0.4, 0.5) is 8.78 Å². The van der Waals surface area contributed by atoms with E-state index < -0.39 is 11.6 Å². The minimum Gasteiger partial charge on any atom is -0.352 e. The van der Waals surface area contributed by atoms with Crippen molar-refractivity contribution in [3.05, 3.63) is 83.1 Å². The monoisotopic (exact) mass is 587 g/mol. The Morgan fingerprint density at radius 2 is 1.93 bits per heavy atom. The van der Waals surface area contributed by atoms with Crippen LogP contribution in [-0.4, -0.2) is 54.9 Å². The first-order valence-electron chi connectivity index (χ1n) is 14.7. The number of carbonyl (C=O) groups is 2. The lowest BCUT2D eigenvalue weighted by Crippen LogP contribution is -2.54. The van der Waals surface area contributed by atoms with Gasteiger partial charge in [-0.25, -0.2) is 18.3 Å². The molecule has 3 aromatic heterocycles. The zero-order valence-electron chi connectivity index (χ0n) is 24.3. The van der Waals surface area contributed by atoms with E-state index in [0.717, 1.165) is 30.4 Å². The van der Waals surface area contributed by atoms with Crippen LogP contribution < -0.4 is 11.1 Å². The van der Waals surface area contributed by atoms with E-state index in [1.807, 2.05) is 12.3 Å². The molecular formula is C32H35F2N7O2. The number of imidazole rings is 1. The molecule has 11 heteroatoms. The molecule has 224 valence electrons. The Balaban J connectivity index is 1.27. The normalized spacial score (nSPS) is 22.3. The second kappa shape index (κ2) is 11.8. The first kappa shape index (κ1) is 28.9. The van der Waals surface area contributed by atoms with Gasteiger partial charge in [-0.2, -0.15) is 5.10 Å². The van der Waals surface area contributed by atoms with Crippen molar-refractivity contribution in [3.8, 4) is 11.3 Å². The van der Waals surface area contributed by atoms with Crippen LogP contribution in [0.1, 0.15) is 68.0 Å². The molecule has 1 aliphatic carbocycles. The maximum atomic E-state index is 15.3. The molecule has 0 spiro atoms. The van der Waals surface area contributed by atoms with E-state index in [1.54, 1.807) is 33.9 Å². The Morgan fingerprint density at radius 1 is 1.14 bits per heavy atom. The molecule has 4 heterocycles. The fraction of sp³-hybridized carbons (Fsp3) is 0.406. The summed E-state index contributed by atoms with van der Waals surface area (Å²) in [6, 6.07) is 7.63. The molecule has 2 aliphatic rings. The first-order valence-corrected chi connectivity index (χ1v) is 14.7. The first-order chi connectivity index (χ1) is 20.7. The van der Waals surface area contributed by atoms with E-state index in [9.17, 15) is 9.59 Å². The summed E-state index contributed by atoms with van der Waals surface area (Å²) in [6.07, 6.45) is 8.49. The standard InChI is InChI=1S/C32H35F2N7O2/c1-18-10-21(13-27(35)32(18)38-19(2)42)24-7-8-36-15-22(24)14-29-37-16-23-5-6-28(39-41(23)29)31-25(33)11-20(12-26(31)34)17-40-9-3-4-30(40)43/h5-8,11-12,15-16,18,21,27,32H,3-4,9-10,13-14,17,35H2,1-2H3,(H,38,42)/t18-,21+,27+,32-/m0/s1. The molecule has 0 radical (unpaired) electrons. The summed E-state index contributed by atoms with van der Waals surface area (Å²) in [7, 11) is 0. The number of rotatable bonds is 7. The van der Waals surface area contributed by atoms with Crippen LogP contribution in [0.2, 0.25) is 0 Å². The minimum absolute atomic E-state index is 0.00329. The number of halogens is 2. The molecule has 0 unspecified atom stereocenters. The Kier molecular flexibility index (Phi) is 7.91. The molecule has 6 rings (SSSR count). The molecule has 0 bridgehead atoms. The number of hydrogen-bond donors (Lipinski definition) is 2. The largest absolute Gasteiger partial charge is 0.352 e. The summed E-state index contributed by atoms with van der Waals surface area (Å²) in [4.78, 5) is 34.2. The molecule has 1 aromatic carbocycles. The van der Waals surface area contributed by atoms with Gasteiger partial charge in [0.05, 0.1) is 23.0 Å². The molecule has 9 nitrogen and oxygen atoms in total. The van der Waals surface area contributed by atoms with Gasteiger partial charge in [0.2, 0.25) is 11.8 Å². The molecule has 1 saturated heterocycles. The average Bonchev–Trinajstić information content (AvgIpc) is 3.55. The van der Waals surface area contributed by atoms with Crippen molar-refractivity contribution in [1.29, 1.82) is 0 Å². The third-order valence-corrected chi connectivity index (χ3v) is 8.74. The second-order valence-electron chi connectivity index (χ2n) is 11.9. The van der Waals surface area contributed by atoms with Gasteiger partial charge < -0.3 is 16.0 Å². The maximum absolute atomic E-state index is 15.3. The van der Waals surface area contributed by atoms with Crippen molar-refractivity contribution in [2.75, 3.05) is 6.54 Å². The molecule has 43 heavy (non-hydrogen) atoms. The lowest BCUT2D eigenvalue weighted by molar-refractivity contribution is -0.128. The lowest BCUT2D eigenvalue weighted by Gasteiger charge is -2.39. The van der Waals surface area contributed by atoms with Gasteiger partial charge in [-0.1, -0.05) is 6.92 Å². The zero-order chi connectivity index (χ0) is 30.2. The zero-order valence-corrected chi connectivity index (χ0v) is 24.3. The van der Waals surface area contributed by atoms with E-state index in [0.29, 0.717) is 36.3 Å². The van der Waals surface area contributed by atoms with Gasteiger partial charge in [0.15, 0.2) is 0 Å². The highest BCUT2D eigenvalue weighted by atomic mass is 19.1. The topological polar surface area (TPSA) is 119 Å². The van der Waals surface area contributed by atoms with Crippen molar-refractivity contribution in [2.24, 2.45) is 11.7 Å². The van der Waals surface area contributed by atoms with E-state index >= 15 is 8.78 Å². The highest BCUT2D eigenvalue weighted by molar-refractivity contribution is 5.78. The van der Waals surface area contributed by atoms with Crippen LogP contribution in [0.15, 0.2) is 48.9 Å². The molecule has 1 saturated carbocycles. The predicted octanol–water partition coefficient (Wildman–Crippen LogP) is 4.13. The number of hydrogen-bond acceptors (Lipinski definition) is 6. The maximum Gasteiger partial charge on any atom is 0.222 e. The number of nitrogens with two attached hydrogens (primary N) is 1. The highest BCUT2D eigenvalue weighted by Crippen LogP contribution is 2.37. The van der Waals surface area contributed by atoms with Gasteiger partial charge in [-0.3, -0.25) is 14.6 Å². The smallest absolute Gasteiger partial charge is 0.222 e. The van der Waals surface area contributed by atoms with Crippen molar-refractivity contribution in [1.82, 2.24) is 29.8 Å². The molecular weight excluding hydrogens is 552 g/mol. The number of aromatic nitrogens is 4. The van der Waals surface area contributed by atoms with Crippen molar-refractivity contribution in [3.63, 3.8) is 0 Å². The van der Waals surface area contributed by atoms with Crippen LogP contribution in [-0.2, 0) is 22.6 Å². The van der Waals surface area contributed by atoms with Gasteiger partial charge >= 0.3 is 0 Å². The average molecular weight is 588 g/mol. The Morgan fingerprint density at radius 3 is 2.63 bits per heavy atom. The van der Waals surface area contributed by atoms with Crippen LogP contribution in [0.5, 0.6) is 0 Å². The van der Waals surface area contributed by atoms with E-state index in [1.165, 1.54) is 19.1 Å². The number of nitrogens with zero attached hydrogens (tertiary/aromatic N) is 5. The molecule has 1 aliphatic heterocycles. The third kappa shape index (κ3) is 5.86. The van der Waals surface area contributed by atoms with Gasteiger partial charge in [0.1, 0.15) is 17.5 Å². The Bertz CT molecular complexity index is 1650. The Labute approximate surface area is 248 Å².